The molecule has 0 aliphatic rings. The van der Waals surface area contributed by atoms with E-state index in [0.29, 0.717) is 10.8 Å². The van der Waals surface area contributed by atoms with Crippen LogP contribution in [0.25, 0.3) is 0 Å². The predicted octanol–water partition coefficient (Wildman–Crippen LogP) is 3.38. The van der Waals surface area contributed by atoms with Crippen molar-refractivity contribution in [2.45, 2.75) is 20.8 Å². The van der Waals surface area contributed by atoms with Gasteiger partial charge in [0.05, 0.1) is 0 Å². The number of nitrogens with one attached hydrogen (secondary N) is 1. The first-order valence-electron chi connectivity index (χ1n) is 5.60. The summed E-state index contributed by atoms with van der Waals surface area (Å²) < 4.78 is 0. The van der Waals surface area contributed by atoms with Crippen molar-refractivity contribution in [3.8, 4) is 0 Å². The van der Waals surface area contributed by atoms with E-state index in [1.165, 1.54) is 11.9 Å². The van der Waals surface area contributed by atoms with Gasteiger partial charge in [-0.3, -0.25) is 0 Å². The minimum absolute atomic E-state index is 0.275. The van der Waals surface area contributed by atoms with Gasteiger partial charge in [-0.25, -0.2) is 9.97 Å². The quantitative estimate of drug-likeness (QED) is 0.871. The van der Waals surface area contributed by atoms with E-state index in [2.05, 4.69) is 34.3 Å². The molecule has 0 radical (unpaired) electrons. The van der Waals surface area contributed by atoms with Crippen LogP contribution in [0.3, 0.4) is 0 Å². The normalized spacial score (nSPS) is 10.4. The van der Waals surface area contributed by atoms with Crippen molar-refractivity contribution in [1.82, 2.24) is 9.97 Å². The van der Waals surface area contributed by atoms with Crippen LogP contribution in [0.5, 0.6) is 0 Å². The molecule has 1 heterocycles. The van der Waals surface area contributed by atoms with Crippen molar-refractivity contribution in [2.75, 3.05) is 11.1 Å². The van der Waals surface area contributed by atoms with E-state index < -0.39 is 0 Å². The van der Waals surface area contributed by atoms with Gasteiger partial charge in [0.1, 0.15) is 17.2 Å². The van der Waals surface area contributed by atoms with Gasteiger partial charge in [0, 0.05) is 5.69 Å². The van der Waals surface area contributed by atoms with Crippen molar-refractivity contribution < 1.29 is 0 Å². The Kier molecular flexibility index (Phi) is 3.39. The molecule has 18 heavy (non-hydrogen) atoms. The molecule has 0 fully saturated rings. The molecule has 1 aromatic carbocycles. The molecule has 2 aromatic rings. The van der Waals surface area contributed by atoms with Crippen LogP contribution in [0.2, 0.25) is 5.02 Å². The van der Waals surface area contributed by atoms with Crippen LogP contribution < -0.4 is 11.1 Å². The number of halogens is 1. The molecule has 0 amide bonds. The van der Waals surface area contributed by atoms with E-state index in [1.54, 1.807) is 0 Å². The number of aryl methyl sites for hydroxylation is 3. The first kappa shape index (κ1) is 12.6. The summed E-state index contributed by atoms with van der Waals surface area (Å²) in [4.78, 5) is 7.94. The van der Waals surface area contributed by atoms with E-state index in [-0.39, 0.29) is 5.82 Å². The molecule has 0 bridgehead atoms. The zero-order valence-corrected chi connectivity index (χ0v) is 11.3. The number of nitrogen functional groups attached to an aromatic ring is 1. The van der Waals surface area contributed by atoms with Crippen LogP contribution >= 0.6 is 11.6 Å². The Morgan fingerprint density at radius 1 is 1.11 bits per heavy atom. The van der Waals surface area contributed by atoms with E-state index in [1.807, 2.05) is 13.8 Å². The smallest absolute Gasteiger partial charge is 0.154 e. The number of hydrogen-bond donors (Lipinski definition) is 2. The van der Waals surface area contributed by atoms with Crippen LogP contribution in [-0.4, -0.2) is 9.97 Å². The van der Waals surface area contributed by atoms with Crippen molar-refractivity contribution in [2.24, 2.45) is 0 Å². The summed E-state index contributed by atoms with van der Waals surface area (Å²) in [6, 6.07) is 4.21. The number of nitrogens with two attached hydrogens (primary N) is 1. The van der Waals surface area contributed by atoms with Gasteiger partial charge in [-0.2, -0.15) is 0 Å². The van der Waals surface area contributed by atoms with Crippen molar-refractivity contribution in [3.05, 3.63) is 40.2 Å². The Hall–Kier alpha value is -1.81. The fraction of sp³-hybridized carbons (Fsp3) is 0.231. The second kappa shape index (κ2) is 4.82. The number of nitrogens with zero attached hydrogens (tertiary/aromatic N) is 2. The van der Waals surface area contributed by atoms with Crippen molar-refractivity contribution in [3.63, 3.8) is 0 Å². The van der Waals surface area contributed by atoms with Gasteiger partial charge in [0.2, 0.25) is 0 Å². The Balaban J connectivity index is 2.43. The number of rotatable bonds is 2. The first-order chi connectivity index (χ1) is 8.49. The van der Waals surface area contributed by atoms with Crippen molar-refractivity contribution in [1.29, 1.82) is 0 Å². The van der Waals surface area contributed by atoms with E-state index in [4.69, 9.17) is 17.3 Å². The number of aromatic nitrogens is 2. The van der Waals surface area contributed by atoms with Crippen LogP contribution in [0.4, 0.5) is 17.3 Å². The predicted molar refractivity (Wildman–Crippen MR) is 75.4 cm³/mol. The zero-order chi connectivity index (χ0) is 13.3. The highest BCUT2D eigenvalue weighted by molar-refractivity contribution is 6.35. The molecular formula is C13H15ClN4. The van der Waals surface area contributed by atoms with E-state index in [0.717, 1.165) is 16.8 Å². The molecule has 4 nitrogen and oxygen atoms in total. The minimum Gasteiger partial charge on any atom is -0.382 e. The third-order valence-electron chi connectivity index (χ3n) is 2.74. The molecule has 2 rings (SSSR count). The molecule has 5 heteroatoms. The summed E-state index contributed by atoms with van der Waals surface area (Å²) in [7, 11) is 0. The Morgan fingerprint density at radius 3 is 2.33 bits per heavy atom. The average Bonchev–Trinajstić information content (AvgIpc) is 2.28. The fourth-order valence-corrected chi connectivity index (χ4v) is 2.11. The largest absolute Gasteiger partial charge is 0.382 e. The lowest BCUT2D eigenvalue weighted by Crippen LogP contribution is -2.02. The highest BCUT2D eigenvalue weighted by Crippen LogP contribution is 2.30. The van der Waals surface area contributed by atoms with Gasteiger partial charge in [-0.05, 0) is 31.9 Å². The summed E-state index contributed by atoms with van der Waals surface area (Å²) in [6.07, 6.45) is 1.39. The highest BCUT2D eigenvalue weighted by Gasteiger charge is 2.10. The molecule has 0 spiro atoms. The summed E-state index contributed by atoms with van der Waals surface area (Å²) >= 11 is 6.07. The summed E-state index contributed by atoms with van der Waals surface area (Å²) in [5.41, 5.74) is 10.2. The summed E-state index contributed by atoms with van der Waals surface area (Å²) in [5, 5.41) is 3.56. The molecule has 0 aliphatic carbocycles. The maximum absolute atomic E-state index is 6.07. The lowest BCUT2D eigenvalue weighted by molar-refractivity contribution is 1.17. The van der Waals surface area contributed by atoms with Gasteiger partial charge >= 0.3 is 0 Å². The Labute approximate surface area is 111 Å². The maximum atomic E-state index is 6.07. The number of hydrogen-bond acceptors (Lipinski definition) is 4. The Bertz CT molecular complexity index is 573. The van der Waals surface area contributed by atoms with Gasteiger partial charge < -0.3 is 11.1 Å². The molecule has 0 saturated carbocycles. The molecule has 0 saturated heterocycles. The van der Waals surface area contributed by atoms with Gasteiger partial charge in [-0.1, -0.05) is 29.3 Å². The van der Waals surface area contributed by atoms with Crippen LogP contribution in [0.1, 0.15) is 16.7 Å². The second-order valence-corrected chi connectivity index (χ2v) is 4.70. The monoisotopic (exact) mass is 262 g/mol. The third-order valence-corrected chi connectivity index (χ3v) is 3.11. The van der Waals surface area contributed by atoms with Gasteiger partial charge in [0.15, 0.2) is 5.82 Å². The maximum Gasteiger partial charge on any atom is 0.154 e. The number of benzene rings is 1. The average molecular weight is 263 g/mol. The SMILES string of the molecule is Cc1cc(C)c(Nc2ncnc(N)c2Cl)c(C)c1. The lowest BCUT2D eigenvalue weighted by Gasteiger charge is -2.14. The molecule has 94 valence electrons. The third kappa shape index (κ3) is 2.38. The molecule has 0 unspecified atom stereocenters. The van der Waals surface area contributed by atoms with E-state index >= 15 is 0 Å². The van der Waals surface area contributed by atoms with Crippen LogP contribution in [-0.2, 0) is 0 Å². The van der Waals surface area contributed by atoms with Crippen LogP contribution in [0, 0.1) is 20.8 Å². The highest BCUT2D eigenvalue weighted by atomic mass is 35.5. The minimum atomic E-state index is 0.275. The molecule has 0 atom stereocenters. The molecule has 1 aromatic heterocycles. The lowest BCUT2D eigenvalue weighted by atomic mass is 10.1. The summed E-state index contributed by atoms with van der Waals surface area (Å²) in [5.74, 6) is 0.802. The first-order valence-corrected chi connectivity index (χ1v) is 5.97. The standard InChI is InChI=1S/C13H15ClN4/c1-7-4-8(2)11(9(3)5-7)18-13-10(14)12(15)16-6-17-13/h4-6H,1-3H3,(H3,15,16,17,18). The van der Waals surface area contributed by atoms with Crippen LogP contribution in [0.15, 0.2) is 18.5 Å². The topological polar surface area (TPSA) is 63.8 Å². The van der Waals surface area contributed by atoms with Gasteiger partial charge in [0.25, 0.3) is 0 Å². The summed E-state index contributed by atoms with van der Waals surface area (Å²) in [6.45, 7) is 6.15. The Morgan fingerprint density at radius 2 is 1.72 bits per heavy atom. The fourth-order valence-electron chi connectivity index (χ4n) is 1.97. The van der Waals surface area contributed by atoms with Gasteiger partial charge in [-0.15, -0.1) is 0 Å². The molecular weight excluding hydrogens is 248 g/mol. The van der Waals surface area contributed by atoms with E-state index in [9.17, 15) is 0 Å². The van der Waals surface area contributed by atoms with Crippen molar-refractivity contribution >= 4 is 28.9 Å². The molecule has 3 N–H and O–H groups in total. The zero-order valence-electron chi connectivity index (χ0n) is 10.6. The molecule has 0 aliphatic heterocycles. The number of anilines is 3. The second-order valence-electron chi connectivity index (χ2n) is 4.32.